The van der Waals surface area contributed by atoms with Gasteiger partial charge in [0.2, 0.25) is 5.91 Å². The number of hydrogen-bond acceptors (Lipinski definition) is 1. The van der Waals surface area contributed by atoms with Crippen molar-refractivity contribution < 1.29 is 4.79 Å². The molecule has 3 heteroatoms. The van der Waals surface area contributed by atoms with Gasteiger partial charge in [0, 0.05) is 6.04 Å². The third-order valence-corrected chi connectivity index (χ3v) is 14.1. The minimum atomic E-state index is 0.00948. The molecule has 0 radical (unpaired) electrons. The summed E-state index contributed by atoms with van der Waals surface area (Å²) < 4.78 is 0. The third-order valence-electron chi connectivity index (χ3n) is 13.8. The fraction of sp³-hybridized carbons (Fsp3) is 0.969. The van der Waals surface area contributed by atoms with E-state index in [2.05, 4.69) is 60.7 Å². The van der Waals surface area contributed by atoms with E-state index in [9.17, 15) is 4.79 Å². The Balaban J connectivity index is 1.50. The van der Waals surface area contributed by atoms with Gasteiger partial charge in [0.25, 0.3) is 0 Å². The monoisotopic (exact) mass is 503 g/mol. The molecule has 0 bridgehead atoms. The zero-order chi connectivity index (χ0) is 25.7. The molecule has 1 N–H and O–H groups in total. The van der Waals surface area contributed by atoms with Crippen LogP contribution in [-0.2, 0) is 4.79 Å². The van der Waals surface area contributed by atoms with Crippen LogP contribution in [0, 0.1) is 56.2 Å². The highest BCUT2D eigenvalue weighted by atomic mass is 35.5. The highest BCUT2D eigenvalue weighted by molar-refractivity contribution is 6.27. The Labute approximate surface area is 221 Å². The van der Waals surface area contributed by atoms with Crippen LogP contribution in [0.2, 0.25) is 0 Å². The fourth-order valence-electron chi connectivity index (χ4n) is 12.0. The van der Waals surface area contributed by atoms with Gasteiger partial charge in [-0.3, -0.25) is 4.79 Å². The maximum atomic E-state index is 12.3. The number of amides is 1. The average Bonchev–Trinajstić information content (AvgIpc) is 2.74. The molecule has 200 valence electrons. The molecule has 5 fully saturated rings. The lowest BCUT2D eigenvalue weighted by molar-refractivity contribution is -0.245. The van der Waals surface area contributed by atoms with Crippen LogP contribution < -0.4 is 5.32 Å². The molecule has 0 aromatic carbocycles. The predicted octanol–water partition coefficient (Wildman–Crippen LogP) is 8.61. The summed E-state index contributed by atoms with van der Waals surface area (Å²) >= 11 is 5.92. The van der Waals surface area contributed by atoms with Crippen molar-refractivity contribution in [1.29, 1.82) is 0 Å². The molecule has 0 aromatic rings. The highest BCUT2D eigenvalue weighted by Gasteiger charge is 2.69. The molecule has 0 aromatic heterocycles. The van der Waals surface area contributed by atoms with E-state index in [-0.39, 0.29) is 23.2 Å². The van der Waals surface area contributed by atoms with Crippen LogP contribution in [0.15, 0.2) is 0 Å². The average molecular weight is 504 g/mol. The number of carbonyl (C=O) groups is 1. The summed E-state index contributed by atoms with van der Waals surface area (Å²) in [6, 6.07) is 0.263. The SMILES string of the molecule is CC1(C)CC[C@]2(C)CC[C@]3(C)[C@H](CC[C@@H]4[C@@]5(C)CC(NC(=O)CCl)CC(C)(C)C5CC[C@]43C)[C@H]2C1. The lowest BCUT2D eigenvalue weighted by atomic mass is 9.31. The third kappa shape index (κ3) is 3.79. The van der Waals surface area contributed by atoms with Crippen molar-refractivity contribution in [3.05, 3.63) is 0 Å². The van der Waals surface area contributed by atoms with Crippen molar-refractivity contribution in [3.8, 4) is 0 Å². The van der Waals surface area contributed by atoms with Gasteiger partial charge in [-0.1, -0.05) is 55.4 Å². The molecule has 5 aliphatic carbocycles. The van der Waals surface area contributed by atoms with E-state index >= 15 is 0 Å². The lowest BCUT2D eigenvalue weighted by Gasteiger charge is -2.73. The number of halogens is 1. The van der Waals surface area contributed by atoms with Gasteiger partial charge in [0.1, 0.15) is 5.88 Å². The van der Waals surface area contributed by atoms with Gasteiger partial charge < -0.3 is 5.32 Å². The molecule has 1 amide bonds. The lowest BCUT2D eigenvalue weighted by Crippen LogP contribution is -2.67. The van der Waals surface area contributed by atoms with Crippen LogP contribution in [0.25, 0.3) is 0 Å². The quantitative estimate of drug-likeness (QED) is 0.375. The van der Waals surface area contributed by atoms with E-state index in [1.807, 2.05) is 0 Å². The largest absolute Gasteiger partial charge is 0.352 e. The molecular weight excluding hydrogens is 450 g/mol. The van der Waals surface area contributed by atoms with Crippen LogP contribution in [0.1, 0.15) is 126 Å². The predicted molar refractivity (Wildman–Crippen MR) is 147 cm³/mol. The summed E-state index contributed by atoms with van der Waals surface area (Å²) in [5, 5.41) is 3.34. The fourth-order valence-corrected chi connectivity index (χ4v) is 12.1. The van der Waals surface area contributed by atoms with Crippen molar-refractivity contribution in [2.75, 3.05) is 5.88 Å². The van der Waals surface area contributed by atoms with Gasteiger partial charge in [-0.25, -0.2) is 0 Å². The van der Waals surface area contributed by atoms with Crippen molar-refractivity contribution in [1.82, 2.24) is 5.32 Å². The number of carbonyl (C=O) groups excluding carboxylic acids is 1. The van der Waals surface area contributed by atoms with Gasteiger partial charge in [0.15, 0.2) is 0 Å². The topological polar surface area (TPSA) is 29.1 Å². The van der Waals surface area contributed by atoms with Crippen LogP contribution in [0.4, 0.5) is 0 Å². The molecule has 0 aliphatic heterocycles. The van der Waals surface area contributed by atoms with Gasteiger partial charge in [0.05, 0.1) is 0 Å². The van der Waals surface area contributed by atoms with E-state index in [1.54, 1.807) is 0 Å². The minimum absolute atomic E-state index is 0.00948. The number of fused-ring (bicyclic) bond motifs is 7. The Morgan fingerprint density at radius 1 is 0.743 bits per heavy atom. The molecule has 35 heavy (non-hydrogen) atoms. The second-order valence-corrected chi connectivity index (χ2v) is 16.9. The zero-order valence-electron chi connectivity index (χ0n) is 24.2. The minimum Gasteiger partial charge on any atom is -0.352 e. The van der Waals surface area contributed by atoms with Gasteiger partial charge in [-0.05, 0) is 127 Å². The van der Waals surface area contributed by atoms with Crippen LogP contribution in [0.3, 0.4) is 0 Å². The molecule has 0 saturated heterocycles. The standard InChI is InChI=1S/C32H54ClNO/c1-27(2)13-14-29(5)15-16-31(7)22(23(29)19-27)9-10-25-30(6)18-21(34-26(35)20-33)17-28(3,4)24(30)11-12-32(25,31)8/h21-25H,9-20H2,1-8H3,(H,34,35)/t21?,22-,23-,24?,25-,29-,30+,31-,32-/m1/s1. The highest BCUT2D eigenvalue weighted by Crippen LogP contribution is 2.76. The summed E-state index contributed by atoms with van der Waals surface area (Å²) in [5.74, 6) is 3.37. The summed E-state index contributed by atoms with van der Waals surface area (Å²) in [4.78, 5) is 12.3. The van der Waals surface area contributed by atoms with Crippen molar-refractivity contribution in [2.24, 2.45) is 56.2 Å². The van der Waals surface area contributed by atoms with Gasteiger partial charge >= 0.3 is 0 Å². The first-order valence-corrected chi connectivity index (χ1v) is 15.5. The van der Waals surface area contributed by atoms with E-state index in [0.29, 0.717) is 27.1 Å². The number of alkyl halides is 1. The molecule has 5 rings (SSSR count). The molecule has 2 unspecified atom stereocenters. The van der Waals surface area contributed by atoms with E-state index < -0.39 is 0 Å². The normalized spacial score (nSPS) is 52.3. The summed E-state index contributed by atoms with van der Waals surface area (Å²) in [6.45, 7) is 20.8. The summed E-state index contributed by atoms with van der Waals surface area (Å²) in [5.41, 5.74) is 2.46. The van der Waals surface area contributed by atoms with Crippen LogP contribution in [-0.4, -0.2) is 17.8 Å². The molecule has 0 spiro atoms. The molecule has 5 aliphatic rings. The second kappa shape index (κ2) is 8.13. The molecule has 5 saturated carbocycles. The molecule has 2 nitrogen and oxygen atoms in total. The Hall–Kier alpha value is -0.240. The first kappa shape index (κ1) is 26.4. The van der Waals surface area contributed by atoms with Crippen LogP contribution in [0.5, 0.6) is 0 Å². The smallest absolute Gasteiger partial charge is 0.235 e. The van der Waals surface area contributed by atoms with Crippen molar-refractivity contribution >= 4 is 17.5 Å². The van der Waals surface area contributed by atoms with Gasteiger partial charge in [-0.15, -0.1) is 11.6 Å². The van der Waals surface area contributed by atoms with Crippen LogP contribution >= 0.6 is 11.6 Å². The Morgan fingerprint density at radius 3 is 2.11 bits per heavy atom. The van der Waals surface area contributed by atoms with Crippen molar-refractivity contribution in [2.45, 2.75) is 132 Å². The Kier molecular flexibility index (Phi) is 6.13. The first-order valence-electron chi connectivity index (χ1n) is 15.0. The first-order chi connectivity index (χ1) is 16.1. The zero-order valence-corrected chi connectivity index (χ0v) is 24.9. The second-order valence-electron chi connectivity index (χ2n) is 16.6. The van der Waals surface area contributed by atoms with E-state index in [4.69, 9.17) is 11.6 Å². The number of hydrogen-bond donors (Lipinski definition) is 1. The summed E-state index contributed by atoms with van der Waals surface area (Å²) in [6.07, 6.45) is 15.0. The maximum Gasteiger partial charge on any atom is 0.235 e. The summed E-state index contributed by atoms with van der Waals surface area (Å²) in [7, 11) is 0. The maximum absolute atomic E-state index is 12.3. The molecular formula is C32H54ClNO. The van der Waals surface area contributed by atoms with Gasteiger partial charge in [-0.2, -0.15) is 0 Å². The van der Waals surface area contributed by atoms with Crippen molar-refractivity contribution in [3.63, 3.8) is 0 Å². The van der Waals surface area contributed by atoms with E-state index in [1.165, 1.54) is 57.8 Å². The Morgan fingerprint density at radius 2 is 1.43 bits per heavy atom. The molecule has 9 atom stereocenters. The molecule has 0 heterocycles. The Bertz CT molecular complexity index is 866. The number of rotatable bonds is 2. The van der Waals surface area contributed by atoms with E-state index in [0.717, 1.165) is 36.5 Å². The number of nitrogens with one attached hydrogen (secondary N) is 1.